The van der Waals surface area contributed by atoms with E-state index in [9.17, 15) is 0 Å². The minimum atomic E-state index is -0.712. The van der Waals surface area contributed by atoms with Gasteiger partial charge < -0.3 is 5.16 Å². The maximum absolute atomic E-state index is 7.76. The summed E-state index contributed by atoms with van der Waals surface area (Å²) in [5.41, 5.74) is 0. The molecule has 0 amide bonds. The maximum Gasteiger partial charge on any atom is 0.00666 e. The molecule has 0 aromatic rings. The Morgan fingerprint density at radius 2 is 1.91 bits per heavy atom. The van der Waals surface area contributed by atoms with Crippen LogP contribution in [0.2, 0.25) is 0 Å². The standard InChI is InChI=1S/C7H18N2P2/c8-11-6-3-1-2-4-9(10)5-7-11/h8,11H,1-7,10H2. The topological polar surface area (TPSA) is 27.1 Å². The molecule has 1 rings (SSSR count). The first-order valence-electron chi connectivity index (χ1n) is 4.35. The predicted octanol–water partition coefficient (Wildman–Crippen LogP) is 2.24. The number of rotatable bonds is 0. The van der Waals surface area contributed by atoms with Crippen molar-refractivity contribution in [2.24, 2.45) is 0 Å². The Balaban J connectivity index is 2.31. The summed E-state index contributed by atoms with van der Waals surface area (Å²) in [6, 6.07) is 0. The van der Waals surface area contributed by atoms with Crippen molar-refractivity contribution in [1.82, 2.24) is 4.67 Å². The molecule has 2 nitrogen and oxygen atoms in total. The van der Waals surface area contributed by atoms with Crippen LogP contribution in [0.15, 0.2) is 0 Å². The van der Waals surface area contributed by atoms with Crippen molar-refractivity contribution in [2.45, 2.75) is 19.3 Å². The van der Waals surface area contributed by atoms with Crippen molar-refractivity contribution in [2.75, 3.05) is 25.4 Å². The lowest BCUT2D eigenvalue weighted by Gasteiger charge is -2.13. The van der Waals surface area contributed by atoms with Crippen molar-refractivity contribution in [3.8, 4) is 0 Å². The van der Waals surface area contributed by atoms with Crippen LogP contribution in [-0.2, 0) is 0 Å². The summed E-state index contributed by atoms with van der Waals surface area (Å²) in [6.07, 6.45) is 6.31. The summed E-state index contributed by atoms with van der Waals surface area (Å²) >= 11 is 0. The van der Waals surface area contributed by atoms with Gasteiger partial charge in [0.05, 0.1) is 0 Å². The Hall–Kier alpha value is 0.620. The van der Waals surface area contributed by atoms with Gasteiger partial charge in [-0.2, -0.15) is 0 Å². The van der Waals surface area contributed by atoms with Crippen LogP contribution in [-0.4, -0.2) is 30.1 Å². The first-order chi connectivity index (χ1) is 5.29. The SMILES string of the molecule is N=[PH]1CCCCCN(P)CC1. The van der Waals surface area contributed by atoms with Gasteiger partial charge in [0.1, 0.15) is 0 Å². The fraction of sp³-hybridized carbons (Fsp3) is 1.00. The van der Waals surface area contributed by atoms with Crippen molar-refractivity contribution >= 4 is 17.1 Å². The summed E-state index contributed by atoms with van der Waals surface area (Å²) in [4.78, 5) is 0. The number of nitrogens with one attached hydrogen (secondary N) is 1. The Morgan fingerprint density at radius 1 is 1.09 bits per heavy atom. The molecule has 1 saturated heterocycles. The minimum Gasteiger partial charge on any atom is -0.322 e. The molecule has 0 spiro atoms. The van der Waals surface area contributed by atoms with Crippen molar-refractivity contribution in [1.29, 1.82) is 5.16 Å². The molecule has 1 fully saturated rings. The van der Waals surface area contributed by atoms with Gasteiger partial charge in [0.25, 0.3) is 0 Å². The van der Waals surface area contributed by atoms with Crippen LogP contribution in [0.25, 0.3) is 0 Å². The number of hydrogen-bond donors (Lipinski definition) is 1. The lowest BCUT2D eigenvalue weighted by molar-refractivity contribution is 0.477. The number of hydrogen-bond acceptors (Lipinski definition) is 2. The van der Waals surface area contributed by atoms with Gasteiger partial charge in [-0.3, -0.25) is 4.67 Å². The summed E-state index contributed by atoms with van der Waals surface area (Å²) < 4.78 is 2.30. The van der Waals surface area contributed by atoms with Crippen LogP contribution in [0.4, 0.5) is 0 Å². The van der Waals surface area contributed by atoms with Gasteiger partial charge in [0.15, 0.2) is 0 Å². The molecule has 0 radical (unpaired) electrons. The van der Waals surface area contributed by atoms with Crippen LogP contribution < -0.4 is 0 Å². The van der Waals surface area contributed by atoms with Gasteiger partial charge in [0.2, 0.25) is 0 Å². The molecule has 4 heteroatoms. The van der Waals surface area contributed by atoms with E-state index in [4.69, 9.17) is 5.16 Å². The molecule has 0 saturated carbocycles. The zero-order chi connectivity index (χ0) is 8.10. The molecule has 1 aliphatic rings. The van der Waals surface area contributed by atoms with E-state index in [2.05, 4.69) is 14.1 Å². The van der Waals surface area contributed by atoms with Gasteiger partial charge in [-0.15, -0.1) is 0 Å². The molecule has 66 valence electrons. The zero-order valence-electron chi connectivity index (χ0n) is 6.97. The third kappa shape index (κ3) is 4.25. The first kappa shape index (κ1) is 9.71. The second-order valence-electron chi connectivity index (χ2n) is 3.20. The predicted molar refractivity (Wildman–Crippen MR) is 55.9 cm³/mol. The zero-order valence-corrected chi connectivity index (χ0v) is 9.13. The van der Waals surface area contributed by atoms with Crippen molar-refractivity contribution in [3.05, 3.63) is 0 Å². The highest BCUT2D eigenvalue weighted by atomic mass is 31.1. The van der Waals surface area contributed by atoms with E-state index >= 15 is 0 Å². The van der Waals surface area contributed by atoms with Crippen LogP contribution in [0.5, 0.6) is 0 Å². The highest BCUT2D eigenvalue weighted by Crippen LogP contribution is 2.25. The van der Waals surface area contributed by atoms with Crippen LogP contribution in [0.3, 0.4) is 0 Å². The average Bonchev–Trinajstić information content (AvgIpc) is 2.06. The molecule has 0 bridgehead atoms. The normalized spacial score (nSPS) is 30.5. The van der Waals surface area contributed by atoms with Crippen molar-refractivity contribution < 1.29 is 0 Å². The van der Waals surface area contributed by atoms with Crippen LogP contribution in [0, 0.1) is 5.16 Å². The quantitative estimate of drug-likeness (QED) is 0.585. The van der Waals surface area contributed by atoms with Gasteiger partial charge in [-0.1, -0.05) is 15.8 Å². The molecule has 0 aromatic carbocycles. The van der Waals surface area contributed by atoms with E-state index < -0.39 is 7.71 Å². The molecular formula is C7H18N2P2. The molecule has 0 aliphatic carbocycles. The second kappa shape index (κ2) is 5.30. The van der Waals surface area contributed by atoms with Gasteiger partial charge in [0, 0.05) is 13.1 Å². The molecule has 0 aromatic heterocycles. The fourth-order valence-electron chi connectivity index (χ4n) is 1.35. The Labute approximate surface area is 72.3 Å². The molecule has 2 unspecified atom stereocenters. The van der Waals surface area contributed by atoms with E-state index in [0.717, 1.165) is 12.7 Å². The van der Waals surface area contributed by atoms with E-state index in [0.29, 0.717) is 0 Å². The number of nitrogens with zero attached hydrogens (tertiary/aromatic N) is 1. The second-order valence-corrected chi connectivity index (χ2v) is 6.14. The lowest BCUT2D eigenvalue weighted by Crippen LogP contribution is -2.15. The Kier molecular flexibility index (Phi) is 4.67. The largest absolute Gasteiger partial charge is 0.322 e. The van der Waals surface area contributed by atoms with E-state index in [1.54, 1.807) is 0 Å². The third-order valence-corrected chi connectivity index (χ3v) is 4.43. The monoisotopic (exact) mass is 192 g/mol. The summed E-state index contributed by atoms with van der Waals surface area (Å²) in [5, 5.41) is 7.76. The summed E-state index contributed by atoms with van der Waals surface area (Å²) in [7, 11) is 2.06. The summed E-state index contributed by atoms with van der Waals surface area (Å²) in [6.45, 7) is 2.34. The van der Waals surface area contributed by atoms with Gasteiger partial charge in [-0.25, -0.2) is 0 Å². The average molecular weight is 192 g/mol. The molecular weight excluding hydrogens is 174 g/mol. The van der Waals surface area contributed by atoms with E-state index in [1.165, 1.54) is 32.0 Å². The third-order valence-electron chi connectivity index (χ3n) is 2.12. The molecule has 1 N–H and O–H groups in total. The van der Waals surface area contributed by atoms with Gasteiger partial charge >= 0.3 is 0 Å². The molecule has 1 aliphatic heterocycles. The first-order valence-corrected chi connectivity index (χ1v) is 6.78. The lowest BCUT2D eigenvalue weighted by atomic mass is 10.2. The molecule has 11 heavy (non-hydrogen) atoms. The smallest absolute Gasteiger partial charge is 0.00666 e. The highest BCUT2D eigenvalue weighted by molar-refractivity contribution is 7.45. The highest BCUT2D eigenvalue weighted by Gasteiger charge is 2.04. The Morgan fingerprint density at radius 3 is 2.73 bits per heavy atom. The van der Waals surface area contributed by atoms with Gasteiger partial charge in [-0.05, 0) is 32.9 Å². The minimum absolute atomic E-state index is 0.712. The van der Waals surface area contributed by atoms with Crippen LogP contribution in [0.1, 0.15) is 19.3 Å². The van der Waals surface area contributed by atoms with E-state index in [-0.39, 0.29) is 0 Å². The summed E-state index contributed by atoms with van der Waals surface area (Å²) in [5.74, 6) is 0. The molecule has 2 atom stereocenters. The molecule has 1 heterocycles. The van der Waals surface area contributed by atoms with Crippen molar-refractivity contribution in [3.63, 3.8) is 0 Å². The fourth-order valence-corrected chi connectivity index (χ4v) is 3.40. The van der Waals surface area contributed by atoms with E-state index in [1.807, 2.05) is 0 Å². The maximum atomic E-state index is 7.76. The Bertz CT molecular complexity index is 138. The van der Waals surface area contributed by atoms with Crippen LogP contribution >= 0.6 is 17.1 Å².